The van der Waals surface area contributed by atoms with Crippen LogP contribution >= 0.6 is 0 Å². The van der Waals surface area contributed by atoms with Crippen LogP contribution in [0, 0.1) is 12.8 Å². The third kappa shape index (κ3) is 1.65. The molecule has 78 valence electrons. The lowest BCUT2D eigenvalue weighted by molar-refractivity contribution is 0.0936. The number of hydrogen-bond acceptors (Lipinski definition) is 2. The minimum absolute atomic E-state index is 0.00926. The number of imidazole rings is 1. The van der Waals surface area contributed by atoms with E-state index in [1.54, 1.807) is 6.33 Å². The van der Waals surface area contributed by atoms with Gasteiger partial charge in [0.15, 0.2) is 5.78 Å². The number of fused-ring (bicyclic) bond motifs is 1. The van der Waals surface area contributed by atoms with Crippen LogP contribution in [0.15, 0.2) is 24.7 Å². The highest BCUT2D eigenvalue weighted by Crippen LogP contribution is 2.14. The summed E-state index contributed by atoms with van der Waals surface area (Å²) in [4.78, 5) is 16.0. The molecule has 2 aromatic heterocycles. The lowest BCUT2D eigenvalue weighted by atomic mass is 10.1. The van der Waals surface area contributed by atoms with E-state index in [9.17, 15) is 4.79 Å². The molecule has 0 aliphatic carbocycles. The molecule has 0 fully saturated rings. The maximum Gasteiger partial charge on any atom is 0.185 e. The monoisotopic (exact) mass is 202 g/mol. The van der Waals surface area contributed by atoms with Crippen LogP contribution in [0.1, 0.15) is 29.9 Å². The minimum Gasteiger partial charge on any atom is -0.305 e. The van der Waals surface area contributed by atoms with Crippen molar-refractivity contribution in [3.63, 3.8) is 0 Å². The average Bonchev–Trinajstić information content (AvgIpc) is 2.59. The molecule has 0 spiro atoms. The van der Waals surface area contributed by atoms with E-state index in [1.165, 1.54) is 0 Å². The predicted molar refractivity (Wildman–Crippen MR) is 59.1 cm³/mol. The van der Waals surface area contributed by atoms with E-state index in [4.69, 9.17) is 0 Å². The fourth-order valence-corrected chi connectivity index (χ4v) is 1.57. The van der Waals surface area contributed by atoms with Gasteiger partial charge in [-0.1, -0.05) is 19.9 Å². The van der Waals surface area contributed by atoms with E-state index in [1.807, 2.05) is 43.5 Å². The number of carbonyl (C=O) groups is 1. The van der Waals surface area contributed by atoms with Gasteiger partial charge in [-0.25, -0.2) is 4.98 Å². The van der Waals surface area contributed by atoms with Gasteiger partial charge in [0.05, 0.1) is 5.52 Å². The molecule has 2 rings (SSSR count). The molecule has 0 atom stereocenters. The van der Waals surface area contributed by atoms with Crippen molar-refractivity contribution in [2.24, 2.45) is 5.92 Å². The molecule has 3 heteroatoms. The smallest absolute Gasteiger partial charge is 0.185 e. The quantitative estimate of drug-likeness (QED) is 0.701. The molecule has 0 saturated carbocycles. The predicted octanol–water partition coefficient (Wildman–Crippen LogP) is 2.48. The molecule has 0 radical (unpaired) electrons. The maximum atomic E-state index is 11.8. The lowest BCUT2D eigenvalue weighted by Crippen LogP contribution is -2.08. The largest absolute Gasteiger partial charge is 0.305 e. The summed E-state index contributed by atoms with van der Waals surface area (Å²) in [5, 5.41) is 0. The highest BCUT2D eigenvalue weighted by Gasteiger charge is 2.16. The first kappa shape index (κ1) is 9.90. The van der Waals surface area contributed by atoms with E-state index in [2.05, 4.69) is 4.98 Å². The van der Waals surface area contributed by atoms with Crippen LogP contribution in [0.3, 0.4) is 0 Å². The molecular weight excluding hydrogens is 188 g/mol. The highest BCUT2D eigenvalue weighted by atomic mass is 16.1. The normalized spacial score (nSPS) is 11.2. The van der Waals surface area contributed by atoms with Crippen molar-refractivity contribution in [3.8, 4) is 0 Å². The van der Waals surface area contributed by atoms with Gasteiger partial charge in [-0.2, -0.15) is 0 Å². The third-order valence-corrected chi connectivity index (χ3v) is 2.44. The molecule has 0 amide bonds. The Hall–Kier alpha value is -1.64. The van der Waals surface area contributed by atoms with E-state index in [0.717, 1.165) is 11.1 Å². The summed E-state index contributed by atoms with van der Waals surface area (Å²) < 4.78 is 1.89. The van der Waals surface area contributed by atoms with Gasteiger partial charge in [0, 0.05) is 12.1 Å². The van der Waals surface area contributed by atoms with Crippen LogP contribution in [-0.2, 0) is 0 Å². The van der Waals surface area contributed by atoms with Crippen LogP contribution in [0.5, 0.6) is 0 Å². The number of ketones is 1. The van der Waals surface area contributed by atoms with Gasteiger partial charge in [-0.3, -0.25) is 4.79 Å². The van der Waals surface area contributed by atoms with Gasteiger partial charge >= 0.3 is 0 Å². The van der Waals surface area contributed by atoms with E-state index >= 15 is 0 Å². The van der Waals surface area contributed by atoms with Gasteiger partial charge in [0.25, 0.3) is 0 Å². The maximum absolute atomic E-state index is 11.8. The Morgan fingerprint density at radius 3 is 2.80 bits per heavy atom. The molecule has 2 heterocycles. The number of Topliss-reactive ketones (excluding diaryl/α,β-unsaturated/α-hetero) is 1. The van der Waals surface area contributed by atoms with Crippen molar-refractivity contribution in [3.05, 3.63) is 35.9 Å². The molecule has 15 heavy (non-hydrogen) atoms. The van der Waals surface area contributed by atoms with Crippen molar-refractivity contribution in [1.29, 1.82) is 0 Å². The van der Waals surface area contributed by atoms with Gasteiger partial charge in [-0.05, 0) is 18.6 Å². The Labute approximate surface area is 88.8 Å². The van der Waals surface area contributed by atoms with Gasteiger partial charge in [-0.15, -0.1) is 0 Å². The molecule has 0 saturated heterocycles. The summed E-state index contributed by atoms with van der Waals surface area (Å²) in [6.07, 6.45) is 3.66. The molecular formula is C12H14N2O. The molecule has 0 aliphatic rings. The summed E-state index contributed by atoms with van der Waals surface area (Å²) in [6.45, 7) is 5.80. The number of nitrogens with zero attached hydrogens (tertiary/aromatic N) is 2. The number of aromatic nitrogens is 2. The second-order valence-corrected chi connectivity index (χ2v) is 4.11. The Morgan fingerprint density at radius 1 is 1.40 bits per heavy atom. The lowest BCUT2D eigenvalue weighted by Gasteiger charge is -2.01. The Morgan fingerprint density at radius 2 is 2.13 bits per heavy atom. The van der Waals surface area contributed by atoms with Gasteiger partial charge in [0.1, 0.15) is 12.0 Å². The summed E-state index contributed by atoms with van der Waals surface area (Å²) in [5.74, 6) is 0.0892. The second kappa shape index (κ2) is 3.50. The summed E-state index contributed by atoms with van der Waals surface area (Å²) >= 11 is 0. The number of rotatable bonds is 2. The van der Waals surface area contributed by atoms with Gasteiger partial charge < -0.3 is 4.40 Å². The third-order valence-electron chi connectivity index (χ3n) is 2.44. The molecule has 0 aliphatic heterocycles. The summed E-state index contributed by atoms with van der Waals surface area (Å²) in [7, 11) is 0. The summed E-state index contributed by atoms with van der Waals surface area (Å²) in [5.41, 5.74) is 2.62. The molecule has 0 unspecified atom stereocenters. The van der Waals surface area contributed by atoms with Gasteiger partial charge in [0.2, 0.25) is 0 Å². The molecule has 3 nitrogen and oxygen atoms in total. The second-order valence-electron chi connectivity index (χ2n) is 4.11. The fourth-order valence-electron chi connectivity index (χ4n) is 1.57. The molecule has 2 aromatic rings. The van der Waals surface area contributed by atoms with Crippen molar-refractivity contribution in [2.45, 2.75) is 20.8 Å². The molecule has 0 aromatic carbocycles. The number of aryl methyl sites for hydroxylation is 1. The van der Waals surface area contributed by atoms with E-state index < -0.39 is 0 Å². The first-order chi connectivity index (χ1) is 7.09. The van der Waals surface area contributed by atoms with Crippen LogP contribution in [0.2, 0.25) is 0 Å². The fraction of sp³-hybridized carbons (Fsp3) is 0.333. The first-order valence-electron chi connectivity index (χ1n) is 5.07. The number of pyridine rings is 1. The number of carbonyl (C=O) groups excluding carboxylic acids is 1. The topological polar surface area (TPSA) is 34.4 Å². The average molecular weight is 202 g/mol. The van der Waals surface area contributed by atoms with Crippen LogP contribution < -0.4 is 0 Å². The van der Waals surface area contributed by atoms with Crippen molar-refractivity contribution < 1.29 is 4.79 Å². The van der Waals surface area contributed by atoms with Crippen LogP contribution in [0.25, 0.3) is 5.52 Å². The van der Waals surface area contributed by atoms with Crippen molar-refractivity contribution >= 4 is 11.3 Å². The zero-order chi connectivity index (χ0) is 11.0. The van der Waals surface area contributed by atoms with Crippen LogP contribution in [0.4, 0.5) is 0 Å². The molecule has 0 N–H and O–H groups in total. The standard InChI is InChI=1S/C12H14N2O/c1-8(2)12(15)11-10-5-4-9(3)6-14(10)7-13-11/h4-8H,1-3H3. The number of hydrogen-bond donors (Lipinski definition) is 0. The zero-order valence-electron chi connectivity index (χ0n) is 9.19. The SMILES string of the molecule is Cc1ccc2c(C(=O)C(C)C)ncn2c1. The Bertz CT molecular complexity index is 511. The van der Waals surface area contributed by atoms with Crippen LogP contribution in [-0.4, -0.2) is 15.2 Å². The summed E-state index contributed by atoms with van der Waals surface area (Å²) in [6, 6.07) is 3.94. The Balaban J connectivity index is 2.59. The van der Waals surface area contributed by atoms with E-state index in [-0.39, 0.29) is 11.7 Å². The zero-order valence-corrected chi connectivity index (χ0v) is 9.19. The first-order valence-corrected chi connectivity index (χ1v) is 5.07. The minimum atomic E-state index is -0.00926. The highest BCUT2D eigenvalue weighted by molar-refractivity contribution is 6.01. The van der Waals surface area contributed by atoms with Crippen molar-refractivity contribution in [1.82, 2.24) is 9.38 Å². The Kier molecular flexibility index (Phi) is 2.31. The molecule has 0 bridgehead atoms. The van der Waals surface area contributed by atoms with Crippen molar-refractivity contribution in [2.75, 3.05) is 0 Å². The van der Waals surface area contributed by atoms with E-state index in [0.29, 0.717) is 5.69 Å².